The van der Waals surface area contributed by atoms with Crippen LogP contribution in [-0.4, -0.2) is 36.0 Å². The number of benzene rings is 1. The lowest BCUT2D eigenvalue weighted by molar-refractivity contribution is -0.123. The summed E-state index contributed by atoms with van der Waals surface area (Å²) >= 11 is 1.72. The molecule has 0 aromatic heterocycles. The molecule has 0 bridgehead atoms. The number of halogens is 2. The summed E-state index contributed by atoms with van der Waals surface area (Å²) in [6, 6.07) is 3.25. The Morgan fingerprint density at radius 2 is 2.20 bits per heavy atom. The van der Waals surface area contributed by atoms with Crippen LogP contribution in [0.2, 0.25) is 0 Å². The molecule has 1 aliphatic heterocycles. The molecule has 0 saturated carbocycles. The predicted molar refractivity (Wildman–Crippen MR) is 76.8 cm³/mol. The smallest absolute Gasteiger partial charge is 0.238 e. The van der Waals surface area contributed by atoms with Crippen molar-refractivity contribution >= 4 is 17.7 Å². The zero-order valence-electron chi connectivity index (χ0n) is 11.3. The Balaban J connectivity index is 1.91. The van der Waals surface area contributed by atoms with Gasteiger partial charge in [-0.05, 0) is 25.5 Å². The molecule has 1 heterocycles. The van der Waals surface area contributed by atoms with E-state index in [-0.39, 0.29) is 30.0 Å². The van der Waals surface area contributed by atoms with Gasteiger partial charge in [-0.15, -0.1) is 0 Å². The Morgan fingerprint density at radius 3 is 2.80 bits per heavy atom. The SMILES string of the molecule is CC(Cc1c(F)cccc1F)NC(=O)C1CSCCN1. The molecule has 2 atom stereocenters. The van der Waals surface area contributed by atoms with Crippen LogP contribution >= 0.6 is 11.8 Å². The summed E-state index contributed by atoms with van der Waals surface area (Å²) in [7, 11) is 0. The fourth-order valence-corrected chi connectivity index (χ4v) is 3.10. The van der Waals surface area contributed by atoms with Crippen LogP contribution in [0.5, 0.6) is 0 Å². The van der Waals surface area contributed by atoms with E-state index in [9.17, 15) is 13.6 Å². The van der Waals surface area contributed by atoms with Crippen LogP contribution in [0, 0.1) is 11.6 Å². The van der Waals surface area contributed by atoms with Gasteiger partial charge in [-0.25, -0.2) is 8.78 Å². The molecular weight excluding hydrogens is 282 g/mol. The van der Waals surface area contributed by atoms with Crippen LogP contribution in [0.1, 0.15) is 12.5 Å². The Kier molecular flexibility index (Phi) is 5.37. The third-order valence-electron chi connectivity index (χ3n) is 3.20. The maximum absolute atomic E-state index is 13.5. The van der Waals surface area contributed by atoms with Crippen molar-refractivity contribution in [3.05, 3.63) is 35.4 Å². The minimum absolute atomic E-state index is 0.0197. The first-order valence-corrected chi connectivity index (χ1v) is 7.78. The lowest BCUT2D eigenvalue weighted by atomic mass is 10.1. The van der Waals surface area contributed by atoms with E-state index in [2.05, 4.69) is 10.6 Å². The van der Waals surface area contributed by atoms with Gasteiger partial charge < -0.3 is 10.6 Å². The Bertz CT molecular complexity index is 458. The van der Waals surface area contributed by atoms with Gasteiger partial charge in [0.2, 0.25) is 5.91 Å². The third-order valence-corrected chi connectivity index (χ3v) is 4.26. The molecule has 1 aromatic carbocycles. The molecule has 0 aliphatic carbocycles. The maximum atomic E-state index is 13.5. The van der Waals surface area contributed by atoms with E-state index < -0.39 is 11.6 Å². The number of nitrogens with one attached hydrogen (secondary N) is 2. The summed E-state index contributed by atoms with van der Waals surface area (Å²) in [4.78, 5) is 12.0. The lowest BCUT2D eigenvalue weighted by Gasteiger charge is -2.24. The molecule has 1 aliphatic rings. The number of rotatable bonds is 4. The van der Waals surface area contributed by atoms with Gasteiger partial charge in [0.25, 0.3) is 0 Å². The van der Waals surface area contributed by atoms with E-state index in [1.54, 1.807) is 18.7 Å². The molecule has 0 spiro atoms. The molecule has 20 heavy (non-hydrogen) atoms. The lowest BCUT2D eigenvalue weighted by Crippen LogP contribution is -2.51. The first-order chi connectivity index (χ1) is 9.58. The van der Waals surface area contributed by atoms with Gasteiger partial charge in [-0.3, -0.25) is 4.79 Å². The minimum atomic E-state index is -0.572. The molecular formula is C14H18F2N2OS. The van der Waals surface area contributed by atoms with Crippen LogP contribution in [-0.2, 0) is 11.2 Å². The van der Waals surface area contributed by atoms with Crippen molar-refractivity contribution in [2.24, 2.45) is 0 Å². The highest BCUT2D eigenvalue weighted by molar-refractivity contribution is 7.99. The highest BCUT2D eigenvalue weighted by Crippen LogP contribution is 2.14. The quantitative estimate of drug-likeness (QED) is 0.889. The summed E-state index contributed by atoms with van der Waals surface area (Å²) in [5, 5.41) is 5.93. The van der Waals surface area contributed by atoms with Gasteiger partial charge in [0.15, 0.2) is 0 Å². The second kappa shape index (κ2) is 7.04. The summed E-state index contributed by atoms with van der Waals surface area (Å²) in [6.45, 7) is 2.55. The van der Waals surface area contributed by atoms with Crippen molar-refractivity contribution < 1.29 is 13.6 Å². The zero-order valence-corrected chi connectivity index (χ0v) is 12.1. The van der Waals surface area contributed by atoms with Crippen molar-refractivity contribution in [2.45, 2.75) is 25.4 Å². The summed E-state index contributed by atoms with van der Waals surface area (Å²) in [5.41, 5.74) is 0.0197. The van der Waals surface area contributed by atoms with E-state index in [0.717, 1.165) is 18.1 Å². The van der Waals surface area contributed by atoms with Gasteiger partial charge >= 0.3 is 0 Å². The van der Waals surface area contributed by atoms with E-state index >= 15 is 0 Å². The number of hydrogen-bond acceptors (Lipinski definition) is 3. The average Bonchev–Trinajstić information content (AvgIpc) is 2.44. The number of carbonyl (C=O) groups is 1. The summed E-state index contributed by atoms with van der Waals surface area (Å²) in [5.74, 6) is 0.475. The number of amides is 1. The molecule has 3 nitrogen and oxygen atoms in total. The maximum Gasteiger partial charge on any atom is 0.238 e. The first-order valence-electron chi connectivity index (χ1n) is 6.62. The van der Waals surface area contributed by atoms with Gasteiger partial charge in [-0.2, -0.15) is 11.8 Å². The van der Waals surface area contributed by atoms with E-state index in [1.165, 1.54) is 18.2 Å². The van der Waals surface area contributed by atoms with Crippen LogP contribution < -0.4 is 10.6 Å². The monoisotopic (exact) mass is 300 g/mol. The normalized spacial score (nSPS) is 20.4. The van der Waals surface area contributed by atoms with Crippen LogP contribution in [0.25, 0.3) is 0 Å². The number of thioether (sulfide) groups is 1. The van der Waals surface area contributed by atoms with Crippen molar-refractivity contribution in [3.63, 3.8) is 0 Å². The highest BCUT2D eigenvalue weighted by atomic mass is 32.2. The number of carbonyl (C=O) groups excluding carboxylic acids is 1. The van der Waals surface area contributed by atoms with Crippen molar-refractivity contribution in [2.75, 3.05) is 18.1 Å². The molecule has 1 amide bonds. The molecule has 2 N–H and O–H groups in total. The highest BCUT2D eigenvalue weighted by Gasteiger charge is 2.22. The average molecular weight is 300 g/mol. The second-order valence-electron chi connectivity index (χ2n) is 4.90. The first kappa shape index (κ1) is 15.3. The van der Waals surface area contributed by atoms with Crippen molar-refractivity contribution in [3.8, 4) is 0 Å². The molecule has 6 heteroatoms. The van der Waals surface area contributed by atoms with E-state index in [0.29, 0.717) is 0 Å². The van der Waals surface area contributed by atoms with Crippen LogP contribution in [0.15, 0.2) is 18.2 Å². The Hall–Kier alpha value is -1.14. The molecule has 2 unspecified atom stereocenters. The van der Waals surface area contributed by atoms with Crippen LogP contribution in [0.4, 0.5) is 8.78 Å². The van der Waals surface area contributed by atoms with E-state index in [1.807, 2.05) is 0 Å². The molecule has 1 saturated heterocycles. The topological polar surface area (TPSA) is 41.1 Å². The Labute approximate surface area is 121 Å². The molecule has 0 radical (unpaired) electrons. The van der Waals surface area contributed by atoms with Crippen LogP contribution in [0.3, 0.4) is 0 Å². The summed E-state index contributed by atoms with van der Waals surface area (Å²) < 4.78 is 27.1. The summed E-state index contributed by atoms with van der Waals surface area (Å²) in [6.07, 6.45) is 0.143. The van der Waals surface area contributed by atoms with E-state index in [4.69, 9.17) is 0 Å². The fourth-order valence-electron chi connectivity index (χ4n) is 2.16. The van der Waals surface area contributed by atoms with Gasteiger partial charge in [0.1, 0.15) is 11.6 Å². The molecule has 2 rings (SSSR count). The minimum Gasteiger partial charge on any atom is -0.352 e. The predicted octanol–water partition coefficient (Wildman–Crippen LogP) is 1.72. The second-order valence-corrected chi connectivity index (χ2v) is 6.05. The number of hydrogen-bond donors (Lipinski definition) is 2. The molecule has 110 valence electrons. The standard InChI is InChI=1S/C14H18F2N2OS/c1-9(7-10-11(15)3-2-4-12(10)16)18-14(19)13-8-20-6-5-17-13/h2-4,9,13,17H,5-8H2,1H3,(H,18,19). The molecule has 1 fully saturated rings. The van der Waals surface area contributed by atoms with Crippen molar-refractivity contribution in [1.29, 1.82) is 0 Å². The van der Waals surface area contributed by atoms with Gasteiger partial charge in [0.05, 0.1) is 6.04 Å². The van der Waals surface area contributed by atoms with Gasteiger partial charge in [0, 0.05) is 29.7 Å². The van der Waals surface area contributed by atoms with Crippen molar-refractivity contribution in [1.82, 2.24) is 10.6 Å². The van der Waals surface area contributed by atoms with Gasteiger partial charge in [-0.1, -0.05) is 6.07 Å². The Morgan fingerprint density at radius 1 is 1.50 bits per heavy atom. The fraction of sp³-hybridized carbons (Fsp3) is 0.500. The zero-order chi connectivity index (χ0) is 14.5. The largest absolute Gasteiger partial charge is 0.352 e. The third kappa shape index (κ3) is 3.93. The molecule has 1 aromatic rings.